The Balaban J connectivity index is 1.97. The fourth-order valence-corrected chi connectivity index (χ4v) is 2.17. The zero-order valence-electron chi connectivity index (χ0n) is 12.5. The van der Waals surface area contributed by atoms with Gasteiger partial charge in [-0.2, -0.15) is 0 Å². The zero-order chi connectivity index (χ0) is 16.8. The molecule has 1 amide bonds. The minimum absolute atomic E-state index is 0.0685. The van der Waals surface area contributed by atoms with Crippen molar-refractivity contribution >= 4 is 29.2 Å². The lowest BCUT2D eigenvalue weighted by Crippen LogP contribution is -2.20. The van der Waals surface area contributed by atoms with Gasteiger partial charge in [0, 0.05) is 5.69 Å². The first-order valence-electron chi connectivity index (χ1n) is 7.04. The molecule has 0 atom stereocenters. The summed E-state index contributed by atoms with van der Waals surface area (Å²) in [6, 6.07) is 11.8. The van der Waals surface area contributed by atoms with Crippen molar-refractivity contribution in [2.45, 2.75) is 13.3 Å². The van der Waals surface area contributed by atoms with Gasteiger partial charge < -0.3 is 15.2 Å². The molecule has 0 spiro atoms. The average Bonchev–Trinajstić information content (AvgIpc) is 2.54. The van der Waals surface area contributed by atoms with Gasteiger partial charge >= 0.3 is 5.97 Å². The quantitative estimate of drug-likeness (QED) is 0.846. The molecule has 0 fully saturated rings. The van der Waals surface area contributed by atoms with E-state index in [1.807, 2.05) is 25.1 Å². The van der Waals surface area contributed by atoms with E-state index in [2.05, 4.69) is 5.32 Å². The Morgan fingerprint density at radius 1 is 1.22 bits per heavy atom. The summed E-state index contributed by atoms with van der Waals surface area (Å²) < 4.78 is 5.43. The van der Waals surface area contributed by atoms with Crippen molar-refractivity contribution < 1.29 is 19.4 Å². The van der Waals surface area contributed by atoms with Crippen LogP contribution in [0.15, 0.2) is 42.5 Å². The third kappa shape index (κ3) is 4.72. The van der Waals surface area contributed by atoms with E-state index in [1.54, 1.807) is 6.07 Å². The van der Waals surface area contributed by atoms with Crippen LogP contribution in [0, 0.1) is 0 Å². The van der Waals surface area contributed by atoms with Gasteiger partial charge in [-0.3, -0.25) is 4.79 Å². The summed E-state index contributed by atoms with van der Waals surface area (Å²) in [5, 5.41) is 11.7. The maximum Gasteiger partial charge on any atom is 0.337 e. The molecule has 0 saturated heterocycles. The Hall–Kier alpha value is -2.53. The van der Waals surface area contributed by atoms with E-state index in [-0.39, 0.29) is 23.1 Å². The summed E-state index contributed by atoms with van der Waals surface area (Å²) in [4.78, 5) is 22.9. The highest BCUT2D eigenvalue weighted by atomic mass is 35.5. The van der Waals surface area contributed by atoms with Crippen molar-refractivity contribution in [3.63, 3.8) is 0 Å². The van der Waals surface area contributed by atoms with Gasteiger partial charge in [0.1, 0.15) is 5.75 Å². The zero-order valence-corrected chi connectivity index (χ0v) is 13.3. The monoisotopic (exact) mass is 333 g/mol. The molecule has 6 heteroatoms. The van der Waals surface area contributed by atoms with Crippen molar-refractivity contribution in [3.05, 3.63) is 58.6 Å². The Morgan fingerprint density at radius 2 is 2.00 bits per heavy atom. The smallest absolute Gasteiger partial charge is 0.337 e. The predicted molar refractivity (Wildman–Crippen MR) is 88.4 cm³/mol. The van der Waals surface area contributed by atoms with Gasteiger partial charge in [-0.25, -0.2) is 4.79 Å². The third-order valence-electron chi connectivity index (χ3n) is 3.16. The van der Waals surface area contributed by atoms with Crippen LogP contribution in [-0.4, -0.2) is 23.6 Å². The topological polar surface area (TPSA) is 75.6 Å². The van der Waals surface area contributed by atoms with Gasteiger partial charge in [-0.1, -0.05) is 30.7 Å². The van der Waals surface area contributed by atoms with E-state index >= 15 is 0 Å². The molecule has 0 unspecified atom stereocenters. The number of carbonyl (C=O) groups excluding carboxylic acids is 1. The van der Waals surface area contributed by atoms with E-state index < -0.39 is 5.97 Å². The number of aryl methyl sites for hydroxylation is 1. The number of hydrogen-bond donors (Lipinski definition) is 2. The summed E-state index contributed by atoms with van der Waals surface area (Å²) >= 11 is 5.78. The molecule has 0 aromatic heterocycles. The first-order chi connectivity index (χ1) is 11.0. The Kier molecular flexibility index (Phi) is 5.60. The van der Waals surface area contributed by atoms with Crippen molar-refractivity contribution in [1.82, 2.24) is 0 Å². The van der Waals surface area contributed by atoms with Crippen molar-refractivity contribution in [2.75, 3.05) is 11.9 Å². The number of carboxylic acids is 1. The van der Waals surface area contributed by atoms with E-state index in [0.29, 0.717) is 11.4 Å². The molecule has 0 aliphatic heterocycles. The van der Waals surface area contributed by atoms with Gasteiger partial charge in [0.15, 0.2) is 6.61 Å². The minimum Gasteiger partial charge on any atom is -0.484 e. The highest BCUT2D eigenvalue weighted by Gasteiger charge is 2.11. The average molecular weight is 334 g/mol. The van der Waals surface area contributed by atoms with Crippen molar-refractivity contribution in [3.8, 4) is 5.75 Å². The van der Waals surface area contributed by atoms with E-state index in [0.717, 1.165) is 12.0 Å². The molecule has 0 heterocycles. The third-order valence-corrected chi connectivity index (χ3v) is 3.49. The van der Waals surface area contributed by atoms with Gasteiger partial charge in [-0.15, -0.1) is 0 Å². The predicted octanol–water partition coefficient (Wildman–Crippen LogP) is 3.62. The highest BCUT2D eigenvalue weighted by molar-refractivity contribution is 6.33. The summed E-state index contributed by atoms with van der Waals surface area (Å²) in [6.07, 6.45) is 0.881. The molecule has 0 saturated carbocycles. The van der Waals surface area contributed by atoms with Crippen LogP contribution in [0.25, 0.3) is 0 Å². The number of halogens is 1. The number of carboxylic acid groups (broad SMARTS) is 1. The first-order valence-corrected chi connectivity index (χ1v) is 7.42. The van der Waals surface area contributed by atoms with E-state index in [4.69, 9.17) is 21.4 Å². The van der Waals surface area contributed by atoms with E-state index in [1.165, 1.54) is 18.2 Å². The molecule has 2 aromatic carbocycles. The molecule has 23 heavy (non-hydrogen) atoms. The Morgan fingerprint density at radius 3 is 2.70 bits per heavy atom. The summed E-state index contributed by atoms with van der Waals surface area (Å²) in [7, 11) is 0. The van der Waals surface area contributed by atoms with Crippen LogP contribution in [0.1, 0.15) is 22.8 Å². The van der Waals surface area contributed by atoms with E-state index in [9.17, 15) is 9.59 Å². The molecule has 0 aliphatic carbocycles. The van der Waals surface area contributed by atoms with Crippen LogP contribution in [0.4, 0.5) is 5.69 Å². The lowest BCUT2D eigenvalue weighted by molar-refractivity contribution is -0.118. The fraction of sp³-hybridized carbons (Fsp3) is 0.176. The van der Waals surface area contributed by atoms with Gasteiger partial charge in [0.25, 0.3) is 5.91 Å². The minimum atomic E-state index is -1.15. The Bertz CT molecular complexity index is 730. The van der Waals surface area contributed by atoms with Gasteiger partial charge in [0.2, 0.25) is 0 Å². The number of nitrogens with one attached hydrogen (secondary N) is 1. The fourth-order valence-electron chi connectivity index (χ4n) is 1.97. The molecular formula is C17H16ClNO4. The van der Waals surface area contributed by atoms with Crippen LogP contribution >= 0.6 is 11.6 Å². The molecule has 2 aromatic rings. The number of anilines is 1. The first kappa shape index (κ1) is 16.8. The molecule has 0 aliphatic rings. The second-order valence-corrected chi connectivity index (χ2v) is 5.24. The molecule has 0 radical (unpaired) electrons. The summed E-state index contributed by atoms with van der Waals surface area (Å²) in [5.74, 6) is -0.925. The molecule has 5 nitrogen and oxygen atoms in total. The van der Waals surface area contributed by atoms with Crippen LogP contribution in [0.5, 0.6) is 5.75 Å². The summed E-state index contributed by atoms with van der Waals surface area (Å²) in [5.41, 5.74) is 1.40. The number of aromatic carboxylic acids is 1. The normalized spacial score (nSPS) is 10.2. The van der Waals surface area contributed by atoms with Gasteiger partial charge in [0.05, 0.1) is 10.6 Å². The largest absolute Gasteiger partial charge is 0.484 e. The van der Waals surface area contributed by atoms with Crippen molar-refractivity contribution in [1.29, 1.82) is 0 Å². The number of benzene rings is 2. The second kappa shape index (κ2) is 7.65. The number of hydrogen-bond acceptors (Lipinski definition) is 3. The second-order valence-electron chi connectivity index (χ2n) is 4.84. The van der Waals surface area contributed by atoms with Crippen LogP contribution in [0.2, 0.25) is 5.02 Å². The molecule has 2 N–H and O–H groups in total. The maximum atomic E-state index is 11.9. The van der Waals surface area contributed by atoms with Crippen LogP contribution in [0.3, 0.4) is 0 Å². The number of rotatable bonds is 6. The van der Waals surface area contributed by atoms with Crippen molar-refractivity contribution in [2.24, 2.45) is 0 Å². The highest BCUT2D eigenvalue weighted by Crippen LogP contribution is 2.20. The number of amides is 1. The molecule has 0 bridgehead atoms. The number of carbonyl (C=O) groups is 2. The SMILES string of the molecule is CCc1cccc(OCC(=O)Nc2ccc(Cl)c(C(=O)O)c2)c1. The number of ether oxygens (including phenoxy) is 1. The molecule has 120 valence electrons. The lowest BCUT2D eigenvalue weighted by Gasteiger charge is -2.09. The standard InChI is InChI=1S/C17H16ClNO4/c1-2-11-4-3-5-13(8-11)23-10-16(20)19-12-6-7-15(18)14(9-12)17(21)22/h3-9H,2,10H2,1H3,(H,19,20)(H,21,22). The van der Waals surface area contributed by atoms with Crippen LogP contribution < -0.4 is 10.1 Å². The Labute approximate surface area is 138 Å². The van der Waals surface area contributed by atoms with Gasteiger partial charge in [-0.05, 0) is 42.3 Å². The maximum absolute atomic E-state index is 11.9. The molecular weight excluding hydrogens is 318 g/mol. The van der Waals surface area contributed by atoms with Crippen LogP contribution in [-0.2, 0) is 11.2 Å². The lowest BCUT2D eigenvalue weighted by atomic mass is 10.2. The molecule has 2 rings (SSSR count). The summed E-state index contributed by atoms with van der Waals surface area (Å²) in [6.45, 7) is 1.87.